The maximum absolute atomic E-state index is 12.9. The third-order valence-corrected chi connectivity index (χ3v) is 5.16. The van der Waals surface area contributed by atoms with Gasteiger partial charge in [0.1, 0.15) is 22.6 Å². The molecule has 10 heteroatoms. The van der Waals surface area contributed by atoms with Crippen LogP contribution in [0, 0.1) is 10.1 Å². The van der Waals surface area contributed by atoms with Crippen LogP contribution in [-0.2, 0) is 0 Å². The molecule has 0 aliphatic carbocycles. The summed E-state index contributed by atoms with van der Waals surface area (Å²) in [5, 5.41) is 17.7. The quantitative estimate of drug-likeness (QED) is 0.283. The summed E-state index contributed by atoms with van der Waals surface area (Å²) in [6.45, 7) is 0. The fourth-order valence-electron chi connectivity index (χ4n) is 2.89. The third-order valence-electron chi connectivity index (χ3n) is 4.27. The van der Waals surface area contributed by atoms with E-state index in [0.717, 1.165) is 4.68 Å². The lowest BCUT2D eigenvalue weighted by Crippen LogP contribution is -2.16. The Bertz CT molecular complexity index is 1290. The first-order valence-electron chi connectivity index (χ1n) is 8.48. The molecule has 0 amide bonds. The smallest absolute Gasteiger partial charge is 0.293 e. The minimum absolute atomic E-state index is 0.0437. The Labute approximate surface area is 168 Å². The molecule has 9 nitrogen and oxygen atoms in total. The van der Waals surface area contributed by atoms with Gasteiger partial charge >= 0.3 is 0 Å². The van der Waals surface area contributed by atoms with E-state index in [1.807, 2.05) is 5.38 Å². The number of nitro benzene ring substituents is 1. The van der Waals surface area contributed by atoms with Crippen LogP contribution in [0.2, 0.25) is 0 Å². The molecule has 3 heterocycles. The lowest BCUT2D eigenvalue weighted by molar-refractivity contribution is -0.384. The minimum Gasteiger partial charge on any atom is -0.464 e. The van der Waals surface area contributed by atoms with E-state index in [1.165, 1.54) is 36.2 Å². The Morgan fingerprint density at radius 2 is 2.17 bits per heavy atom. The van der Waals surface area contributed by atoms with Crippen LogP contribution in [0.5, 0.6) is 0 Å². The molecule has 0 saturated heterocycles. The van der Waals surface area contributed by atoms with Gasteiger partial charge in [-0.1, -0.05) is 6.07 Å². The van der Waals surface area contributed by atoms with Crippen LogP contribution in [-0.4, -0.2) is 34.9 Å². The van der Waals surface area contributed by atoms with Gasteiger partial charge in [-0.15, -0.1) is 11.3 Å². The van der Waals surface area contributed by atoms with E-state index in [1.54, 1.807) is 43.3 Å². The lowest BCUT2D eigenvalue weighted by Gasteiger charge is -2.12. The van der Waals surface area contributed by atoms with E-state index in [0.29, 0.717) is 32.8 Å². The van der Waals surface area contributed by atoms with Crippen molar-refractivity contribution >= 4 is 39.1 Å². The van der Waals surface area contributed by atoms with Crippen LogP contribution in [0.1, 0.15) is 5.56 Å². The molecule has 0 N–H and O–H groups in total. The summed E-state index contributed by atoms with van der Waals surface area (Å²) in [5.74, 6) is 0.576. The van der Waals surface area contributed by atoms with Crippen molar-refractivity contribution in [3.8, 4) is 11.3 Å². The van der Waals surface area contributed by atoms with Crippen molar-refractivity contribution in [1.29, 1.82) is 0 Å². The van der Waals surface area contributed by atoms with Gasteiger partial charge in [-0.05, 0) is 18.2 Å². The zero-order valence-electron chi connectivity index (χ0n) is 15.5. The molecule has 29 heavy (non-hydrogen) atoms. The Morgan fingerprint density at radius 1 is 1.34 bits per heavy atom. The molecule has 0 unspecified atom stereocenters. The highest BCUT2D eigenvalue weighted by molar-refractivity contribution is 7.17. The number of hydrogen-bond acceptors (Lipinski definition) is 8. The highest BCUT2D eigenvalue weighted by Crippen LogP contribution is 2.31. The van der Waals surface area contributed by atoms with E-state index in [2.05, 4.69) is 10.1 Å². The Hall–Kier alpha value is -3.79. The number of hydrogen-bond donors (Lipinski definition) is 0. The first-order chi connectivity index (χ1) is 14.0. The molecule has 0 aliphatic rings. The molecule has 4 aromatic rings. The number of nitro groups is 1. The summed E-state index contributed by atoms with van der Waals surface area (Å²) in [6, 6.07) is 8.26. The van der Waals surface area contributed by atoms with Gasteiger partial charge in [0, 0.05) is 36.7 Å². The molecule has 0 saturated carbocycles. The fraction of sp³-hybridized carbons (Fsp3) is 0.105. The number of rotatable bonds is 5. The zero-order chi connectivity index (χ0) is 20.5. The van der Waals surface area contributed by atoms with Crippen LogP contribution in [0.25, 0.3) is 21.5 Å². The lowest BCUT2D eigenvalue weighted by atomic mass is 10.2. The highest BCUT2D eigenvalue weighted by Gasteiger charge is 2.16. The molecule has 0 fully saturated rings. The highest BCUT2D eigenvalue weighted by atomic mass is 32.1. The standard InChI is InChI=1S/C19H15N5O4S/c1-22(2)14-6-5-12(8-15(14)24(26)27)9-21-23-11-20-18-17(19(23)25)13(10-29-18)16-4-3-7-28-16/h3-11H,1-2H3/b21-9-. The number of fused-ring (bicyclic) bond motifs is 1. The van der Waals surface area contributed by atoms with Crippen molar-refractivity contribution in [2.75, 3.05) is 19.0 Å². The average molecular weight is 409 g/mol. The third kappa shape index (κ3) is 3.41. The second kappa shape index (κ2) is 7.32. The van der Waals surface area contributed by atoms with Crippen LogP contribution in [0.4, 0.5) is 11.4 Å². The van der Waals surface area contributed by atoms with E-state index in [-0.39, 0.29) is 11.2 Å². The SMILES string of the molecule is CN(C)c1ccc(/C=N\n2cnc3scc(-c4ccco4)c3c2=O)cc1[N+](=O)[O-]. The van der Waals surface area contributed by atoms with Crippen molar-refractivity contribution in [3.63, 3.8) is 0 Å². The van der Waals surface area contributed by atoms with Crippen molar-refractivity contribution in [3.05, 3.63) is 74.3 Å². The van der Waals surface area contributed by atoms with Gasteiger partial charge in [0.2, 0.25) is 0 Å². The van der Waals surface area contributed by atoms with Crippen LogP contribution >= 0.6 is 11.3 Å². The summed E-state index contributed by atoms with van der Waals surface area (Å²) in [6.07, 6.45) is 4.25. The Morgan fingerprint density at radius 3 is 2.86 bits per heavy atom. The summed E-state index contributed by atoms with van der Waals surface area (Å²) in [4.78, 5) is 30.3. The minimum atomic E-state index is -0.451. The maximum atomic E-state index is 12.9. The predicted molar refractivity (Wildman–Crippen MR) is 112 cm³/mol. The molecule has 0 bridgehead atoms. The van der Waals surface area contributed by atoms with E-state index < -0.39 is 4.92 Å². The Balaban J connectivity index is 1.75. The summed E-state index contributed by atoms with van der Waals surface area (Å²) in [5.41, 5.74) is 1.23. The molecule has 0 radical (unpaired) electrons. The van der Waals surface area contributed by atoms with E-state index in [9.17, 15) is 14.9 Å². The molecule has 3 aromatic heterocycles. The van der Waals surface area contributed by atoms with Crippen LogP contribution < -0.4 is 10.5 Å². The zero-order valence-corrected chi connectivity index (χ0v) is 16.3. The second-order valence-corrected chi connectivity index (χ2v) is 7.20. The first-order valence-corrected chi connectivity index (χ1v) is 9.36. The molecule has 0 spiro atoms. The number of anilines is 1. The first kappa shape index (κ1) is 18.6. The van der Waals surface area contributed by atoms with Gasteiger partial charge in [-0.3, -0.25) is 14.9 Å². The summed E-state index contributed by atoms with van der Waals surface area (Å²) < 4.78 is 6.51. The molecule has 4 rings (SSSR count). The van der Waals surface area contributed by atoms with Crippen molar-refractivity contribution in [2.24, 2.45) is 5.10 Å². The Kier molecular flexibility index (Phi) is 4.69. The summed E-state index contributed by atoms with van der Waals surface area (Å²) in [7, 11) is 3.46. The summed E-state index contributed by atoms with van der Waals surface area (Å²) >= 11 is 1.34. The van der Waals surface area contributed by atoms with Gasteiger partial charge < -0.3 is 9.32 Å². The van der Waals surface area contributed by atoms with E-state index in [4.69, 9.17) is 4.42 Å². The van der Waals surface area contributed by atoms with Crippen molar-refractivity contribution < 1.29 is 9.34 Å². The van der Waals surface area contributed by atoms with Gasteiger partial charge in [-0.2, -0.15) is 9.78 Å². The molecule has 0 aliphatic heterocycles. The topological polar surface area (TPSA) is 107 Å². The molecular weight excluding hydrogens is 394 g/mol. The number of nitrogens with zero attached hydrogens (tertiary/aromatic N) is 5. The van der Waals surface area contributed by atoms with Crippen LogP contribution in [0.3, 0.4) is 0 Å². The predicted octanol–water partition coefficient (Wildman–Crippen LogP) is 3.57. The normalized spacial score (nSPS) is 11.4. The van der Waals surface area contributed by atoms with Crippen LogP contribution in [0.15, 0.2) is 62.6 Å². The second-order valence-electron chi connectivity index (χ2n) is 6.35. The number of benzene rings is 1. The fourth-order valence-corrected chi connectivity index (χ4v) is 3.78. The largest absolute Gasteiger partial charge is 0.464 e. The molecule has 0 atom stereocenters. The monoisotopic (exact) mass is 409 g/mol. The molecular formula is C19H15N5O4S. The van der Waals surface area contributed by atoms with Gasteiger partial charge in [0.15, 0.2) is 0 Å². The maximum Gasteiger partial charge on any atom is 0.293 e. The van der Waals surface area contributed by atoms with Gasteiger partial charge in [0.05, 0.1) is 22.8 Å². The van der Waals surface area contributed by atoms with Crippen molar-refractivity contribution in [2.45, 2.75) is 0 Å². The number of thiophene rings is 1. The van der Waals surface area contributed by atoms with E-state index >= 15 is 0 Å². The number of furan rings is 1. The molecule has 146 valence electrons. The average Bonchev–Trinajstić information content (AvgIpc) is 3.36. The van der Waals surface area contributed by atoms with Gasteiger partial charge in [0.25, 0.3) is 11.2 Å². The number of aromatic nitrogens is 2. The van der Waals surface area contributed by atoms with Crippen molar-refractivity contribution in [1.82, 2.24) is 9.66 Å². The molecule has 1 aromatic carbocycles. The van der Waals surface area contributed by atoms with Gasteiger partial charge in [-0.25, -0.2) is 4.98 Å².